The van der Waals surface area contributed by atoms with Crippen LogP contribution in [-0.4, -0.2) is 57.6 Å². The summed E-state index contributed by atoms with van der Waals surface area (Å²) < 4.78 is 12.3. The summed E-state index contributed by atoms with van der Waals surface area (Å²) in [6, 6.07) is 11.1. The van der Waals surface area contributed by atoms with E-state index < -0.39 is 0 Å². The number of carbonyl (C=O) groups is 1. The molecule has 0 aliphatic rings. The van der Waals surface area contributed by atoms with Crippen LogP contribution in [0.2, 0.25) is 0 Å². The van der Waals surface area contributed by atoms with Crippen LogP contribution in [0.25, 0.3) is 11.4 Å². The first-order chi connectivity index (χ1) is 17.5. The summed E-state index contributed by atoms with van der Waals surface area (Å²) >= 11 is 0. The molecule has 0 spiro atoms. The standard InChI is InChI=1S/C26H29N7O3/c1-18-16-29-19(2)15-22(18)30-21-8-6-10-28-25(21)26(34)31-23-17-33(11-12-36-14-13-35-3)32-24(23)20-7-4-5-9-27-20/h4-10,15-17H,11-14H2,1-3H3,(H,29,30)(H,31,34). The lowest BCUT2D eigenvalue weighted by molar-refractivity contribution is 0.0654. The van der Waals surface area contributed by atoms with E-state index in [9.17, 15) is 4.79 Å². The van der Waals surface area contributed by atoms with Crippen LogP contribution in [0.15, 0.2) is 61.2 Å². The van der Waals surface area contributed by atoms with Crippen molar-refractivity contribution >= 4 is 23.0 Å². The Kier molecular flexibility index (Phi) is 8.32. The second-order valence-electron chi connectivity index (χ2n) is 8.09. The number of aromatic nitrogens is 5. The highest BCUT2D eigenvalue weighted by atomic mass is 16.5. The molecule has 4 heterocycles. The third-order valence-electron chi connectivity index (χ3n) is 5.35. The number of hydrogen-bond acceptors (Lipinski definition) is 8. The van der Waals surface area contributed by atoms with Gasteiger partial charge in [0, 0.05) is 43.3 Å². The summed E-state index contributed by atoms with van der Waals surface area (Å²) in [4.78, 5) is 26.4. The van der Waals surface area contributed by atoms with Crippen LogP contribution in [0.5, 0.6) is 0 Å². The van der Waals surface area contributed by atoms with Gasteiger partial charge in [-0.15, -0.1) is 0 Å². The molecule has 2 N–H and O–H groups in total. The number of nitrogens with zero attached hydrogens (tertiary/aromatic N) is 5. The third kappa shape index (κ3) is 6.29. The molecule has 0 radical (unpaired) electrons. The number of nitrogens with one attached hydrogen (secondary N) is 2. The van der Waals surface area contributed by atoms with Gasteiger partial charge in [-0.2, -0.15) is 5.10 Å². The van der Waals surface area contributed by atoms with Gasteiger partial charge in [-0.05, 0) is 49.7 Å². The number of carbonyl (C=O) groups excluding carboxylic acids is 1. The Bertz CT molecular complexity index is 1310. The number of aryl methyl sites for hydroxylation is 2. The molecule has 0 saturated heterocycles. The van der Waals surface area contributed by atoms with Crippen molar-refractivity contribution in [3.8, 4) is 11.4 Å². The Balaban J connectivity index is 1.57. The number of amides is 1. The maximum Gasteiger partial charge on any atom is 0.276 e. The lowest BCUT2D eigenvalue weighted by Crippen LogP contribution is -2.16. The summed E-state index contributed by atoms with van der Waals surface area (Å²) in [6.07, 6.45) is 6.84. The maximum absolute atomic E-state index is 13.4. The summed E-state index contributed by atoms with van der Waals surface area (Å²) in [5, 5.41) is 10.9. The highest BCUT2D eigenvalue weighted by Crippen LogP contribution is 2.27. The molecule has 4 rings (SSSR count). The molecule has 0 atom stereocenters. The third-order valence-corrected chi connectivity index (χ3v) is 5.35. The molecule has 36 heavy (non-hydrogen) atoms. The Morgan fingerprint density at radius 2 is 1.83 bits per heavy atom. The van der Waals surface area contributed by atoms with Crippen LogP contribution in [0.3, 0.4) is 0 Å². The molecule has 0 saturated carbocycles. The quantitative estimate of drug-likeness (QED) is 0.305. The van der Waals surface area contributed by atoms with Crippen molar-refractivity contribution < 1.29 is 14.3 Å². The minimum Gasteiger partial charge on any atom is -0.382 e. The molecule has 0 aliphatic heterocycles. The van der Waals surface area contributed by atoms with E-state index in [0.717, 1.165) is 16.9 Å². The lowest BCUT2D eigenvalue weighted by Gasteiger charge is -2.13. The summed E-state index contributed by atoms with van der Waals surface area (Å²) in [6.45, 7) is 5.87. The SMILES string of the molecule is COCCOCCn1cc(NC(=O)c2ncccc2Nc2cc(C)ncc2C)c(-c2ccccn2)n1. The molecular weight excluding hydrogens is 458 g/mol. The Labute approximate surface area is 209 Å². The molecule has 10 nitrogen and oxygen atoms in total. The minimum absolute atomic E-state index is 0.258. The number of hydrogen-bond donors (Lipinski definition) is 2. The average Bonchev–Trinajstić information content (AvgIpc) is 3.29. The first kappa shape index (κ1) is 25.0. The number of methoxy groups -OCH3 is 1. The van der Waals surface area contributed by atoms with Gasteiger partial charge in [0.15, 0.2) is 5.69 Å². The number of pyridine rings is 3. The molecule has 0 bridgehead atoms. The molecule has 10 heteroatoms. The van der Waals surface area contributed by atoms with Crippen LogP contribution < -0.4 is 10.6 Å². The largest absolute Gasteiger partial charge is 0.382 e. The molecular formula is C26H29N7O3. The number of ether oxygens (including phenoxy) is 2. The summed E-state index contributed by atoms with van der Waals surface area (Å²) in [5.41, 5.74) is 5.28. The van der Waals surface area contributed by atoms with Gasteiger partial charge >= 0.3 is 0 Å². The number of anilines is 3. The predicted octanol–water partition coefficient (Wildman–Crippen LogP) is 4.01. The molecule has 4 aromatic rings. The van der Waals surface area contributed by atoms with Crippen molar-refractivity contribution in [2.75, 3.05) is 37.6 Å². The van der Waals surface area contributed by atoms with E-state index in [1.54, 1.807) is 42.6 Å². The van der Waals surface area contributed by atoms with Crippen molar-refractivity contribution in [2.24, 2.45) is 0 Å². The van der Waals surface area contributed by atoms with Gasteiger partial charge in [-0.3, -0.25) is 19.4 Å². The van der Waals surface area contributed by atoms with Crippen molar-refractivity contribution in [2.45, 2.75) is 20.4 Å². The van der Waals surface area contributed by atoms with Crippen LogP contribution in [0.1, 0.15) is 21.7 Å². The van der Waals surface area contributed by atoms with Crippen molar-refractivity contribution in [3.63, 3.8) is 0 Å². The summed E-state index contributed by atoms with van der Waals surface area (Å²) in [5.74, 6) is -0.366. The van der Waals surface area contributed by atoms with Crippen molar-refractivity contribution in [3.05, 3.63) is 78.1 Å². The van der Waals surface area contributed by atoms with E-state index in [2.05, 4.69) is 30.7 Å². The topological polar surface area (TPSA) is 116 Å². The second kappa shape index (κ2) is 12.0. The molecule has 0 unspecified atom stereocenters. The zero-order valence-corrected chi connectivity index (χ0v) is 20.6. The van der Waals surface area contributed by atoms with Gasteiger partial charge in [-0.25, -0.2) is 4.98 Å². The Morgan fingerprint density at radius 3 is 2.64 bits per heavy atom. The highest BCUT2D eigenvalue weighted by molar-refractivity contribution is 6.08. The van der Waals surface area contributed by atoms with Gasteiger partial charge in [-0.1, -0.05) is 6.07 Å². The first-order valence-electron chi connectivity index (χ1n) is 11.6. The van der Waals surface area contributed by atoms with Gasteiger partial charge in [0.05, 0.1) is 43.4 Å². The van der Waals surface area contributed by atoms with Gasteiger partial charge in [0.25, 0.3) is 5.91 Å². The summed E-state index contributed by atoms with van der Waals surface area (Å²) in [7, 11) is 1.63. The van der Waals surface area contributed by atoms with E-state index in [1.807, 2.05) is 44.2 Å². The molecule has 4 aromatic heterocycles. The van der Waals surface area contributed by atoms with Crippen LogP contribution in [-0.2, 0) is 16.0 Å². The first-order valence-corrected chi connectivity index (χ1v) is 11.6. The van der Waals surface area contributed by atoms with Gasteiger partial charge < -0.3 is 20.1 Å². The van der Waals surface area contributed by atoms with E-state index in [-0.39, 0.29) is 11.6 Å². The van der Waals surface area contributed by atoms with E-state index >= 15 is 0 Å². The van der Waals surface area contributed by atoms with E-state index in [0.29, 0.717) is 49.1 Å². The average molecular weight is 488 g/mol. The smallest absolute Gasteiger partial charge is 0.276 e. The van der Waals surface area contributed by atoms with Crippen molar-refractivity contribution in [1.82, 2.24) is 24.7 Å². The second-order valence-corrected chi connectivity index (χ2v) is 8.09. The fourth-order valence-corrected chi connectivity index (χ4v) is 3.50. The Hall–Kier alpha value is -4.15. The van der Waals surface area contributed by atoms with Crippen LogP contribution >= 0.6 is 0 Å². The highest BCUT2D eigenvalue weighted by Gasteiger charge is 2.19. The lowest BCUT2D eigenvalue weighted by atomic mass is 10.2. The molecule has 1 amide bonds. The number of rotatable bonds is 11. The fourth-order valence-electron chi connectivity index (χ4n) is 3.50. The van der Waals surface area contributed by atoms with Gasteiger partial charge in [0.2, 0.25) is 0 Å². The molecule has 186 valence electrons. The molecule has 0 fully saturated rings. The fraction of sp³-hybridized carbons (Fsp3) is 0.269. The molecule has 0 aromatic carbocycles. The zero-order valence-electron chi connectivity index (χ0n) is 20.6. The van der Waals surface area contributed by atoms with E-state index in [1.165, 1.54) is 0 Å². The molecule has 0 aliphatic carbocycles. The minimum atomic E-state index is -0.366. The van der Waals surface area contributed by atoms with Crippen LogP contribution in [0.4, 0.5) is 17.1 Å². The van der Waals surface area contributed by atoms with Crippen molar-refractivity contribution in [1.29, 1.82) is 0 Å². The predicted molar refractivity (Wildman–Crippen MR) is 137 cm³/mol. The van der Waals surface area contributed by atoms with Gasteiger partial charge in [0.1, 0.15) is 5.69 Å². The Morgan fingerprint density at radius 1 is 0.972 bits per heavy atom. The zero-order chi connectivity index (χ0) is 25.3. The van der Waals surface area contributed by atoms with E-state index in [4.69, 9.17) is 9.47 Å². The van der Waals surface area contributed by atoms with Crippen LogP contribution in [0, 0.1) is 13.8 Å². The normalized spacial score (nSPS) is 10.9. The monoisotopic (exact) mass is 487 g/mol. The maximum atomic E-state index is 13.4.